The molecule has 0 amide bonds. The molecular formula is C13H24N2. The zero-order valence-corrected chi connectivity index (χ0v) is 9.70. The van der Waals surface area contributed by atoms with Crippen molar-refractivity contribution in [2.24, 2.45) is 23.5 Å². The van der Waals surface area contributed by atoms with E-state index in [4.69, 9.17) is 5.73 Å². The number of hydrogen-bond donors (Lipinski definition) is 1. The molecule has 0 radical (unpaired) electrons. The van der Waals surface area contributed by atoms with Gasteiger partial charge in [0.2, 0.25) is 0 Å². The molecule has 3 aliphatic rings. The van der Waals surface area contributed by atoms with Crippen LogP contribution in [0.15, 0.2) is 0 Å². The number of rotatable bonds is 2. The van der Waals surface area contributed by atoms with E-state index >= 15 is 0 Å². The molecule has 2 nitrogen and oxygen atoms in total. The summed E-state index contributed by atoms with van der Waals surface area (Å²) in [4.78, 5) is 2.79. The van der Waals surface area contributed by atoms with E-state index in [2.05, 4.69) is 4.90 Å². The van der Waals surface area contributed by atoms with Gasteiger partial charge in [-0.2, -0.15) is 0 Å². The van der Waals surface area contributed by atoms with E-state index in [1.54, 1.807) is 6.42 Å². The van der Waals surface area contributed by atoms with Gasteiger partial charge in [0.15, 0.2) is 0 Å². The second-order valence-corrected chi connectivity index (χ2v) is 5.87. The van der Waals surface area contributed by atoms with Crippen LogP contribution in [0.2, 0.25) is 0 Å². The zero-order chi connectivity index (χ0) is 10.3. The molecule has 2 N–H and O–H groups in total. The topological polar surface area (TPSA) is 29.3 Å². The number of nitrogens with two attached hydrogens (primary N) is 1. The number of likely N-dealkylation sites (tertiary alicyclic amines) is 1. The van der Waals surface area contributed by atoms with E-state index in [9.17, 15) is 0 Å². The normalized spacial score (nSPS) is 42.6. The molecule has 0 bridgehead atoms. The summed E-state index contributed by atoms with van der Waals surface area (Å²) < 4.78 is 0. The SMILES string of the molecule is NCC1CCN(C2CCCC3CC32)CC1. The van der Waals surface area contributed by atoms with Gasteiger partial charge >= 0.3 is 0 Å². The van der Waals surface area contributed by atoms with Gasteiger partial charge in [-0.05, 0) is 63.1 Å². The summed E-state index contributed by atoms with van der Waals surface area (Å²) in [6.07, 6.45) is 8.74. The Morgan fingerprint density at radius 2 is 1.87 bits per heavy atom. The summed E-state index contributed by atoms with van der Waals surface area (Å²) in [6, 6.07) is 0.961. The molecule has 2 aliphatic carbocycles. The van der Waals surface area contributed by atoms with Crippen LogP contribution in [0.5, 0.6) is 0 Å². The van der Waals surface area contributed by atoms with Gasteiger partial charge in [0.25, 0.3) is 0 Å². The molecule has 1 heterocycles. The maximum absolute atomic E-state index is 5.74. The van der Waals surface area contributed by atoms with Crippen LogP contribution in [0.3, 0.4) is 0 Å². The van der Waals surface area contributed by atoms with Crippen LogP contribution in [-0.2, 0) is 0 Å². The molecule has 0 aromatic carbocycles. The molecule has 0 aromatic heterocycles. The Kier molecular flexibility index (Phi) is 2.73. The van der Waals surface area contributed by atoms with Crippen molar-refractivity contribution in [2.45, 2.75) is 44.6 Å². The van der Waals surface area contributed by atoms with E-state index in [-0.39, 0.29) is 0 Å². The highest BCUT2D eigenvalue weighted by atomic mass is 15.2. The van der Waals surface area contributed by atoms with E-state index in [0.717, 1.165) is 30.3 Å². The standard InChI is InChI=1S/C13H24N2/c14-9-10-4-6-15(7-5-10)13-3-1-2-11-8-12(11)13/h10-13H,1-9,14H2. The molecular weight excluding hydrogens is 184 g/mol. The first-order valence-electron chi connectivity index (χ1n) is 6.82. The van der Waals surface area contributed by atoms with Gasteiger partial charge in [0.05, 0.1) is 0 Å². The number of fused-ring (bicyclic) bond motifs is 1. The highest BCUT2D eigenvalue weighted by molar-refractivity contribution is 4.99. The fourth-order valence-corrected chi connectivity index (χ4v) is 3.85. The second-order valence-electron chi connectivity index (χ2n) is 5.87. The minimum absolute atomic E-state index is 0.819. The van der Waals surface area contributed by atoms with Gasteiger partial charge in [-0.15, -0.1) is 0 Å². The second kappa shape index (κ2) is 4.06. The van der Waals surface area contributed by atoms with Crippen LogP contribution in [0, 0.1) is 17.8 Å². The number of nitrogens with zero attached hydrogens (tertiary/aromatic N) is 1. The number of hydrogen-bond acceptors (Lipinski definition) is 2. The van der Waals surface area contributed by atoms with Crippen molar-refractivity contribution in [1.29, 1.82) is 0 Å². The highest BCUT2D eigenvalue weighted by Gasteiger charge is 2.47. The lowest BCUT2D eigenvalue weighted by atomic mass is 9.90. The van der Waals surface area contributed by atoms with Crippen LogP contribution in [0.1, 0.15) is 38.5 Å². The fourth-order valence-electron chi connectivity index (χ4n) is 3.85. The first-order valence-corrected chi connectivity index (χ1v) is 6.82. The zero-order valence-electron chi connectivity index (χ0n) is 9.70. The molecule has 3 rings (SSSR count). The highest BCUT2D eigenvalue weighted by Crippen LogP contribution is 2.51. The van der Waals surface area contributed by atoms with Gasteiger partial charge in [0, 0.05) is 6.04 Å². The van der Waals surface area contributed by atoms with Crippen molar-refractivity contribution in [3.63, 3.8) is 0 Å². The average molecular weight is 208 g/mol. The molecule has 1 saturated heterocycles. The Morgan fingerprint density at radius 1 is 1.07 bits per heavy atom. The molecule has 0 spiro atoms. The molecule has 2 heteroatoms. The molecule has 3 fully saturated rings. The molecule has 86 valence electrons. The summed E-state index contributed by atoms with van der Waals surface area (Å²) in [5, 5.41) is 0. The Labute approximate surface area is 93.2 Å². The van der Waals surface area contributed by atoms with E-state index in [0.29, 0.717) is 0 Å². The van der Waals surface area contributed by atoms with Crippen LogP contribution >= 0.6 is 0 Å². The van der Waals surface area contributed by atoms with Gasteiger partial charge in [0.1, 0.15) is 0 Å². The Hall–Kier alpha value is -0.0800. The summed E-state index contributed by atoms with van der Waals surface area (Å²) >= 11 is 0. The average Bonchev–Trinajstić information content (AvgIpc) is 3.08. The molecule has 3 atom stereocenters. The summed E-state index contributed by atoms with van der Waals surface area (Å²) in [5.74, 6) is 3.03. The maximum atomic E-state index is 5.74. The quantitative estimate of drug-likeness (QED) is 0.750. The van der Waals surface area contributed by atoms with Crippen molar-refractivity contribution in [3.8, 4) is 0 Å². The summed E-state index contributed by atoms with van der Waals surface area (Å²) in [6.45, 7) is 3.57. The van der Waals surface area contributed by atoms with Crippen LogP contribution < -0.4 is 5.73 Å². The third-order valence-electron chi connectivity index (χ3n) is 5.00. The number of piperidine rings is 1. The predicted octanol–water partition coefficient (Wildman–Crippen LogP) is 1.85. The maximum Gasteiger partial charge on any atom is 0.0126 e. The van der Waals surface area contributed by atoms with Gasteiger partial charge in [-0.25, -0.2) is 0 Å². The Bertz CT molecular complexity index is 221. The van der Waals surface area contributed by atoms with Crippen molar-refractivity contribution in [2.75, 3.05) is 19.6 Å². The first kappa shape index (κ1) is 10.1. The minimum atomic E-state index is 0.819. The lowest BCUT2D eigenvalue weighted by Crippen LogP contribution is -2.44. The Morgan fingerprint density at radius 3 is 2.60 bits per heavy atom. The van der Waals surface area contributed by atoms with Crippen molar-refractivity contribution in [1.82, 2.24) is 4.90 Å². The third kappa shape index (κ3) is 1.94. The monoisotopic (exact) mass is 208 g/mol. The van der Waals surface area contributed by atoms with Crippen LogP contribution in [0.25, 0.3) is 0 Å². The summed E-state index contributed by atoms with van der Waals surface area (Å²) in [7, 11) is 0. The predicted molar refractivity (Wildman–Crippen MR) is 62.6 cm³/mol. The molecule has 3 unspecified atom stereocenters. The molecule has 2 saturated carbocycles. The van der Waals surface area contributed by atoms with Crippen molar-refractivity contribution < 1.29 is 0 Å². The fraction of sp³-hybridized carbons (Fsp3) is 1.00. The lowest BCUT2D eigenvalue weighted by molar-refractivity contribution is 0.0997. The molecule has 0 aromatic rings. The van der Waals surface area contributed by atoms with Gasteiger partial charge in [-0.3, -0.25) is 0 Å². The third-order valence-corrected chi connectivity index (χ3v) is 5.00. The van der Waals surface area contributed by atoms with Crippen LogP contribution in [-0.4, -0.2) is 30.6 Å². The minimum Gasteiger partial charge on any atom is -0.330 e. The first-order chi connectivity index (χ1) is 7.38. The molecule has 15 heavy (non-hydrogen) atoms. The molecule has 1 aliphatic heterocycles. The van der Waals surface area contributed by atoms with E-state index in [1.807, 2.05) is 0 Å². The summed E-state index contributed by atoms with van der Waals surface area (Å²) in [5.41, 5.74) is 5.74. The van der Waals surface area contributed by atoms with Crippen molar-refractivity contribution >= 4 is 0 Å². The largest absolute Gasteiger partial charge is 0.330 e. The van der Waals surface area contributed by atoms with E-state index < -0.39 is 0 Å². The van der Waals surface area contributed by atoms with Gasteiger partial charge in [-0.1, -0.05) is 12.8 Å². The van der Waals surface area contributed by atoms with E-state index in [1.165, 1.54) is 45.2 Å². The smallest absolute Gasteiger partial charge is 0.0126 e. The lowest BCUT2D eigenvalue weighted by Gasteiger charge is -2.39. The van der Waals surface area contributed by atoms with Gasteiger partial charge < -0.3 is 10.6 Å². The van der Waals surface area contributed by atoms with Crippen LogP contribution in [0.4, 0.5) is 0 Å². The van der Waals surface area contributed by atoms with Crippen molar-refractivity contribution in [3.05, 3.63) is 0 Å². The Balaban J connectivity index is 1.55.